The molecule has 0 radical (unpaired) electrons. The SMILES string of the molecule is O=C(O)c1ccccc1-c1nc2ccccc2n1CCO. The predicted octanol–water partition coefficient (Wildman–Crippen LogP) is 2.39. The van der Waals surface area contributed by atoms with E-state index in [1.54, 1.807) is 24.3 Å². The van der Waals surface area contributed by atoms with Gasteiger partial charge in [-0.25, -0.2) is 9.78 Å². The maximum Gasteiger partial charge on any atom is 0.336 e. The molecule has 5 heteroatoms. The van der Waals surface area contributed by atoms with Crippen LogP contribution >= 0.6 is 0 Å². The van der Waals surface area contributed by atoms with Crippen LogP contribution in [0.5, 0.6) is 0 Å². The number of aromatic carboxylic acids is 1. The molecule has 0 atom stereocenters. The lowest BCUT2D eigenvalue weighted by Crippen LogP contribution is -2.07. The molecular weight excluding hydrogens is 268 g/mol. The van der Waals surface area contributed by atoms with Crippen LogP contribution in [-0.2, 0) is 6.54 Å². The van der Waals surface area contributed by atoms with Crippen LogP contribution in [0.1, 0.15) is 10.4 Å². The van der Waals surface area contributed by atoms with Gasteiger partial charge >= 0.3 is 5.97 Å². The van der Waals surface area contributed by atoms with Crippen molar-refractivity contribution in [1.29, 1.82) is 0 Å². The molecule has 2 aromatic carbocycles. The van der Waals surface area contributed by atoms with E-state index in [0.29, 0.717) is 17.9 Å². The van der Waals surface area contributed by atoms with Crippen molar-refractivity contribution >= 4 is 17.0 Å². The number of rotatable bonds is 4. The number of hydrogen-bond donors (Lipinski definition) is 2. The summed E-state index contributed by atoms with van der Waals surface area (Å²) < 4.78 is 1.84. The molecule has 2 N–H and O–H groups in total. The number of carboxylic acids is 1. The molecule has 0 aliphatic rings. The Morgan fingerprint density at radius 3 is 2.57 bits per heavy atom. The summed E-state index contributed by atoms with van der Waals surface area (Å²) >= 11 is 0. The number of aliphatic hydroxyl groups is 1. The van der Waals surface area contributed by atoms with Gasteiger partial charge in [0.15, 0.2) is 0 Å². The fourth-order valence-corrected chi connectivity index (χ4v) is 2.47. The zero-order valence-corrected chi connectivity index (χ0v) is 11.2. The number of fused-ring (bicyclic) bond motifs is 1. The zero-order valence-electron chi connectivity index (χ0n) is 11.2. The number of carbonyl (C=O) groups is 1. The Hall–Kier alpha value is -2.66. The molecule has 3 aromatic rings. The summed E-state index contributed by atoms with van der Waals surface area (Å²) in [7, 11) is 0. The first-order chi connectivity index (χ1) is 10.2. The van der Waals surface area contributed by atoms with Crippen molar-refractivity contribution in [1.82, 2.24) is 9.55 Å². The highest BCUT2D eigenvalue weighted by molar-refractivity contribution is 5.96. The molecule has 0 saturated carbocycles. The molecule has 0 unspecified atom stereocenters. The largest absolute Gasteiger partial charge is 0.478 e. The second-order valence-corrected chi connectivity index (χ2v) is 4.65. The van der Waals surface area contributed by atoms with Crippen LogP contribution in [0.25, 0.3) is 22.4 Å². The van der Waals surface area contributed by atoms with Gasteiger partial charge in [-0.15, -0.1) is 0 Å². The van der Waals surface area contributed by atoms with Crippen molar-refractivity contribution < 1.29 is 15.0 Å². The molecule has 0 fully saturated rings. The van der Waals surface area contributed by atoms with E-state index in [-0.39, 0.29) is 12.2 Å². The second-order valence-electron chi connectivity index (χ2n) is 4.65. The molecule has 0 bridgehead atoms. The third-order valence-corrected chi connectivity index (χ3v) is 3.38. The summed E-state index contributed by atoms with van der Waals surface area (Å²) in [4.78, 5) is 15.9. The number of aromatic nitrogens is 2. The summed E-state index contributed by atoms with van der Waals surface area (Å²) in [6.45, 7) is 0.326. The molecule has 3 rings (SSSR count). The molecule has 5 nitrogen and oxygen atoms in total. The topological polar surface area (TPSA) is 75.3 Å². The maximum atomic E-state index is 11.4. The highest BCUT2D eigenvalue weighted by Gasteiger charge is 2.17. The number of imidazole rings is 1. The minimum absolute atomic E-state index is 0.0391. The lowest BCUT2D eigenvalue weighted by Gasteiger charge is -2.09. The zero-order chi connectivity index (χ0) is 14.8. The average Bonchev–Trinajstić information content (AvgIpc) is 2.86. The van der Waals surface area contributed by atoms with Crippen molar-refractivity contribution in [2.45, 2.75) is 6.54 Å². The molecular formula is C16H14N2O3. The number of carboxylic acid groups (broad SMARTS) is 1. The Morgan fingerprint density at radius 1 is 1.10 bits per heavy atom. The number of benzene rings is 2. The van der Waals surface area contributed by atoms with Gasteiger partial charge in [-0.05, 0) is 18.2 Å². The van der Waals surface area contributed by atoms with Gasteiger partial charge in [0.05, 0.1) is 23.2 Å². The summed E-state index contributed by atoms with van der Waals surface area (Å²) in [5.74, 6) is -0.434. The Bertz CT molecular complexity index is 808. The highest BCUT2D eigenvalue weighted by atomic mass is 16.4. The lowest BCUT2D eigenvalue weighted by atomic mass is 10.1. The van der Waals surface area contributed by atoms with Crippen molar-refractivity contribution in [2.24, 2.45) is 0 Å². The van der Waals surface area contributed by atoms with Gasteiger partial charge in [0.2, 0.25) is 0 Å². The van der Waals surface area contributed by atoms with E-state index < -0.39 is 5.97 Å². The fraction of sp³-hybridized carbons (Fsp3) is 0.125. The van der Waals surface area contributed by atoms with Gasteiger partial charge in [0, 0.05) is 12.1 Å². The van der Waals surface area contributed by atoms with E-state index in [1.165, 1.54) is 0 Å². The van der Waals surface area contributed by atoms with Gasteiger partial charge in [0.25, 0.3) is 0 Å². The van der Waals surface area contributed by atoms with Crippen molar-refractivity contribution in [3.8, 4) is 11.4 Å². The van der Waals surface area contributed by atoms with E-state index in [2.05, 4.69) is 4.98 Å². The third-order valence-electron chi connectivity index (χ3n) is 3.38. The van der Waals surface area contributed by atoms with E-state index in [9.17, 15) is 15.0 Å². The van der Waals surface area contributed by atoms with Gasteiger partial charge in [-0.2, -0.15) is 0 Å². The third kappa shape index (κ3) is 2.28. The predicted molar refractivity (Wildman–Crippen MR) is 79.2 cm³/mol. The van der Waals surface area contributed by atoms with Gasteiger partial charge < -0.3 is 14.8 Å². The molecule has 21 heavy (non-hydrogen) atoms. The van der Waals surface area contributed by atoms with Gasteiger partial charge in [0.1, 0.15) is 5.82 Å². The molecule has 0 saturated heterocycles. The number of nitrogens with zero attached hydrogens (tertiary/aromatic N) is 2. The minimum Gasteiger partial charge on any atom is -0.478 e. The quantitative estimate of drug-likeness (QED) is 0.770. The van der Waals surface area contributed by atoms with E-state index >= 15 is 0 Å². The smallest absolute Gasteiger partial charge is 0.336 e. The molecule has 0 amide bonds. The Kier molecular flexibility index (Phi) is 3.41. The first-order valence-corrected chi connectivity index (χ1v) is 6.61. The van der Waals surface area contributed by atoms with Crippen LogP contribution in [0.3, 0.4) is 0 Å². The van der Waals surface area contributed by atoms with Crippen LogP contribution < -0.4 is 0 Å². The monoisotopic (exact) mass is 282 g/mol. The summed E-state index contributed by atoms with van der Waals surface area (Å²) in [6, 6.07) is 14.3. The van der Waals surface area contributed by atoms with Crippen LogP contribution in [0.15, 0.2) is 48.5 Å². The van der Waals surface area contributed by atoms with Crippen LogP contribution in [-0.4, -0.2) is 32.3 Å². The van der Waals surface area contributed by atoms with Crippen LogP contribution in [0.4, 0.5) is 0 Å². The van der Waals surface area contributed by atoms with E-state index in [0.717, 1.165) is 11.0 Å². The normalized spacial score (nSPS) is 10.9. The molecule has 0 spiro atoms. The van der Waals surface area contributed by atoms with E-state index in [4.69, 9.17) is 0 Å². The minimum atomic E-state index is -0.992. The molecule has 106 valence electrons. The number of aliphatic hydroxyl groups excluding tert-OH is 1. The number of hydrogen-bond acceptors (Lipinski definition) is 3. The Balaban J connectivity index is 2.30. The summed E-state index contributed by atoms with van der Waals surface area (Å²) in [5.41, 5.74) is 2.41. The fourth-order valence-electron chi connectivity index (χ4n) is 2.47. The average molecular weight is 282 g/mol. The first-order valence-electron chi connectivity index (χ1n) is 6.61. The molecule has 0 aliphatic carbocycles. The molecule has 1 heterocycles. The van der Waals surface area contributed by atoms with Crippen molar-refractivity contribution in [3.05, 3.63) is 54.1 Å². The summed E-state index contributed by atoms with van der Waals surface area (Å²) in [5, 5.41) is 18.6. The Morgan fingerprint density at radius 2 is 1.81 bits per heavy atom. The first kappa shape index (κ1) is 13.3. The Labute approximate surface area is 121 Å². The highest BCUT2D eigenvalue weighted by Crippen LogP contribution is 2.27. The number of para-hydroxylation sites is 2. The maximum absolute atomic E-state index is 11.4. The van der Waals surface area contributed by atoms with Crippen molar-refractivity contribution in [2.75, 3.05) is 6.61 Å². The summed E-state index contributed by atoms with van der Waals surface area (Å²) in [6.07, 6.45) is 0. The van der Waals surface area contributed by atoms with Crippen molar-refractivity contribution in [3.63, 3.8) is 0 Å². The lowest BCUT2D eigenvalue weighted by molar-refractivity contribution is 0.0697. The standard InChI is InChI=1S/C16H14N2O3/c19-10-9-18-14-8-4-3-7-13(14)17-15(18)11-5-1-2-6-12(11)16(20)21/h1-8,19H,9-10H2,(H,20,21). The van der Waals surface area contributed by atoms with Gasteiger partial charge in [-0.1, -0.05) is 30.3 Å². The molecule has 0 aliphatic heterocycles. The molecule has 1 aromatic heterocycles. The van der Waals surface area contributed by atoms with E-state index in [1.807, 2.05) is 28.8 Å². The van der Waals surface area contributed by atoms with Gasteiger partial charge in [-0.3, -0.25) is 0 Å². The van der Waals surface area contributed by atoms with Crippen LogP contribution in [0.2, 0.25) is 0 Å². The second kappa shape index (κ2) is 5.38. The van der Waals surface area contributed by atoms with Crippen LogP contribution in [0, 0.1) is 0 Å².